The molecule has 1 fully saturated rings. The van der Waals surface area contributed by atoms with Gasteiger partial charge < -0.3 is 21.7 Å². The molecule has 0 bridgehead atoms. The highest BCUT2D eigenvalue weighted by Gasteiger charge is 2.11. The Hall–Kier alpha value is -2.43. The lowest BCUT2D eigenvalue weighted by molar-refractivity contribution is -0.116. The van der Waals surface area contributed by atoms with Crippen molar-refractivity contribution in [1.82, 2.24) is 4.90 Å². The molecule has 0 unspecified atom stereocenters. The molecule has 1 heterocycles. The molecular weight excluding hydrogens is 300 g/mol. The van der Waals surface area contributed by atoms with Crippen molar-refractivity contribution in [3.63, 3.8) is 0 Å². The van der Waals surface area contributed by atoms with E-state index in [0.717, 1.165) is 43.0 Å². The van der Waals surface area contributed by atoms with Crippen LogP contribution in [-0.2, 0) is 4.79 Å². The highest BCUT2D eigenvalue weighted by atomic mass is 16.1. The number of nitrogens with one attached hydrogen (secondary N) is 1. The Kier molecular flexibility index (Phi) is 6.73. The average Bonchev–Trinajstić information content (AvgIpc) is 3.12. The zero-order valence-corrected chi connectivity index (χ0v) is 14.4. The first kappa shape index (κ1) is 17.9. The predicted molar refractivity (Wildman–Crippen MR) is 99.8 cm³/mol. The molecule has 5 N–H and O–H groups in total. The van der Waals surface area contributed by atoms with E-state index in [0.29, 0.717) is 12.1 Å². The fourth-order valence-corrected chi connectivity index (χ4v) is 2.69. The zero-order chi connectivity index (χ0) is 17.4. The minimum Gasteiger partial charge on any atom is -0.398 e. The maximum Gasteiger partial charge on any atom is 0.224 e. The summed E-state index contributed by atoms with van der Waals surface area (Å²) in [6, 6.07) is 7.57. The lowest BCUT2D eigenvalue weighted by Crippen LogP contribution is -2.24. The van der Waals surface area contributed by atoms with Crippen LogP contribution >= 0.6 is 0 Å². The standard InChI is InChI=1S/C19H28N4O/c1-2-3-9-19(24)22-16-8-6-7-15(14-16)17(20)10-11-18(21)23-12-4-5-13-23/h6-8,10-11,14H,2-5,9,12-13,20-21H2,1H3,(H,22,24)/b17-10-,18-11+. The molecule has 1 aromatic rings. The molecule has 130 valence electrons. The first-order valence-corrected chi connectivity index (χ1v) is 8.68. The van der Waals surface area contributed by atoms with Gasteiger partial charge in [-0.2, -0.15) is 0 Å². The van der Waals surface area contributed by atoms with Gasteiger partial charge in [-0.25, -0.2) is 0 Å². The molecule has 0 atom stereocenters. The van der Waals surface area contributed by atoms with Gasteiger partial charge in [-0.1, -0.05) is 25.5 Å². The summed E-state index contributed by atoms with van der Waals surface area (Å²) in [6.45, 7) is 4.09. The molecule has 1 aromatic carbocycles. The van der Waals surface area contributed by atoms with Crippen LogP contribution in [0.3, 0.4) is 0 Å². The fraction of sp³-hybridized carbons (Fsp3) is 0.421. The van der Waals surface area contributed by atoms with Crippen molar-refractivity contribution < 1.29 is 4.79 Å². The number of unbranched alkanes of at least 4 members (excludes halogenated alkanes) is 1. The molecule has 1 aliphatic rings. The SMILES string of the molecule is CCCCC(=O)Nc1cccc(/C(N)=C/C=C(\N)N2CCCC2)c1. The number of carbonyl (C=O) groups is 1. The third kappa shape index (κ3) is 5.33. The quantitative estimate of drug-likeness (QED) is 0.672. The van der Waals surface area contributed by atoms with Crippen molar-refractivity contribution in [2.45, 2.75) is 39.0 Å². The summed E-state index contributed by atoms with van der Waals surface area (Å²) in [6.07, 6.45) is 8.50. The van der Waals surface area contributed by atoms with Crippen LogP contribution < -0.4 is 16.8 Å². The molecule has 5 nitrogen and oxygen atoms in total. The van der Waals surface area contributed by atoms with Gasteiger partial charge in [-0.15, -0.1) is 0 Å². The molecule has 0 aliphatic carbocycles. The summed E-state index contributed by atoms with van der Waals surface area (Å²) in [5.41, 5.74) is 14.5. The van der Waals surface area contributed by atoms with Crippen molar-refractivity contribution >= 4 is 17.3 Å². The molecule has 0 saturated carbocycles. The normalized spacial score (nSPS) is 15.6. The van der Waals surface area contributed by atoms with Crippen LogP contribution in [-0.4, -0.2) is 23.9 Å². The molecule has 1 saturated heterocycles. The van der Waals surface area contributed by atoms with Crippen LogP contribution in [0.25, 0.3) is 5.70 Å². The summed E-state index contributed by atoms with van der Waals surface area (Å²) >= 11 is 0. The second-order valence-corrected chi connectivity index (χ2v) is 6.14. The van der Waals surface area contributed by atoms with Crippen molar-refractivity contribution in [1.29, 1.82) is 0 Å². The van der Waals surface area contributed by atoms with Crippen LogP contribution in [0, 0.1) is 0 Å². The molecule has 0 radical (unpaired) electrons. The molecule has 2 rings (SSSR count). The van der Waals surface area contributed by atoms with Crippen LogP contribution in [0.15, 0.2) is 42.2 Å². The van der Waals surface area contributed by atoms with Gasteiger partial charge in [0, 0.05) is 30.9 Å². The fourth-order valence-electron chi connectivity index (χ4n) is 2.69. The van der Waals surface area contributed by atoms with Crippen molar-refractivity contribution in [3.8, 4) is 0 Å². The molecule has 0 aromatic heterocycles. The number of allylic oxidation sites excluding steroid dienone is 2. The monoisotopic (exact) mass is 328 g/mol. The van der Waals surface area contributed by atoms with Gasteiger partial charge >= 0.3 is 0 Å². The first-order valence-electron chi connectivity index (χ1n) is 8.68. The van der Waals surface area contributed by atoms with E-state index in [1.165, 1.54) is 12.8 Å². The number of hydrogen-bond acceptors (Lipinski definition) is 4. The van der Waals surface area contributed by atoms with Gasteiger partial charge in [0.15, 0.2) is 0 Å². The van der Waals surface area contributed by atoms with Gasteiger partial charge in [0.05, 0.1) is 5.82 Å². The van der Waals surface area contributed by atoms with Gasteiger partial charge in [0.1, 0.15) is 0 Å². The number of rotatable bonds is 7. The number of nitrogens with two attached hydrogens (primary N) is 2. The lowest BCUT2D eigenvalue weighted by Gasteiger charge is -2.16. The van der Waals surface area contributed by atoms with E-state index in [4.69, 9.17) is 11.5 Å². The second-order valence-electron chi connectivity index (χ2n) is 6.14. The average molecular weight is 328 g/mol. The van der Waals surface area contributed by atoms with Gasteiger partial charge in [0.25, 0.3) is 0 Å². The van der Waals surface area contributed by atoms with Gasteiger partial charge in [-0.05, 0) is 49.1 Å². The highest BCUT2D eigenvalue weighted by Crippen LogP contribution is 2.17. The Labute approximate surface area is 144 Å². The van der Waals surface area contributed by atoms with Crippen molar-refractivity contribution in [2.24, 2.45) is 11.5 Å². The Morgan fingerprint density at radius 1 is 1.25 bits per heavy atom. The first-order chi connectivity index (χ1) is 11.6. The van der Waals surface area contributed by atoms with E-state index in [2.05, 4.69) is 17.1 Å². The minimum absolute atomic E-state index is 0.0368. The summed E-state index contributed by atoms with van der Waals surface area (Å²) in [5, 5.41) is 2.91. The van der Waals surface area contributed by atoms with Gasteiger partial charge in [-0.3, -0.25) is 4.79 Å². The number of likely N-dealkylation sites (tertiary alicyclic amines) is 1. The van der Waals surface area contributed by atoms with E-state index in [1.807, 2.05) is 36.4 Å². The van der Waals surface area contributed by atoms with Crippen LogP contribution in [0.5, 0.6) is 0 Å². The largest absolute Gasteiger partial charge is 0.398 e. The zero-order valence-electron chi connectivity index (χ0n) is 14.4. The number of hydrogen-bond donors (Lipinski definition) is 3. The van der Waals surface area contributed by atoms with Crippen molar-refractivity contribution in [2.75, 3.05) is 18.4 Å². The summed E-state index contributed by atoms with van der Waals surface area (Å²) in [7, 11) is 0. The van der Waals surface area contributed by atoms with Crippen LogP contribution in [0.2, 0.25) is 0 Å². The van der Waals surface area contributed by atoms with Crippen molar-refractivity contribution in [3.05, 3.63) is 47.8 Å². The van der Waals surface area contributed by atoms with E-state index < -0.39 is 0 Å². The smallest absolute Gasteiger partial charge is 0.224 e. The number of benzene rings is 1. The predicted octanol–water partition coefficient (Wildman–Crippen LogP) is 3.01. The number of nitrogens with zero attached hydrogens (tertiary/aromatic N) is 1. The molecule has 1 aliphatic heterocycles. The maximum absolute atomic E-state index is 11.8. The van der Waals surface area contributed by atoms with E-state index in [1.54, 1.807) is 0 Å². The Bertz CT molecular complexity index is 616. The van der Waals surface area contributed by atoms with E-state index in [-0.39, 0.29) is 5.91 Å². The number of carbonyl (C=O) groups excluding carboxylic acids is 1. The third-order valence-corrected chi connectivity index (χ3v) is 4.14. The summed E-state index contributed by atoms with van der Waals surface area (Å²) in [5.74, 6) is 0.786. The topological polar surface area (TPSA) is 84.4 Å². The molecule has 0 spiro atoms. The summed E-state index contributed by atoms with van der Waals surface area (Å²) < 4.78 is 0. The Balaban J connectivity index is 2.02. The lowest BCUT2D eigenvalue weighted by atomic mass is 10.1. The maximum atomic E-state index is 11.8. The van der Waals surface area contributed by atoms with Crippen LogP contribution in [0.1, 0.15) is 44.6 Å². The summed E-state index contributed by atoms with van der Waals surface area (Å²) in [4.78, 5) is 14.0. The Morgan fingerprint density at radius 3 is 2.71 bits per heavy atom. The third-order valence-electron chi connectivity index (χ3n) is 4.14. The Morgan fingerprint density at radius 2 is 2.00 bits per heavy atom. The highest BCUT2D eigenvalue weighted by molar-refractivity contribution is 5.91. The van der Waals surface area contributed by atoms with E-state index in [9.17, 15) is 4.79 Å². The number of amides is 1. The molecular formula is C19H28N4O. The van der Waals surface area contributed by atoms with E-state index >= 15 is 0 Å². The number of anilines is 1. The molecule has 24 heavy (non-hydrogen) atoms. The van der Waals surface area contributed by atoms with Gasteiger partial charge in [0.2, 0.25) is 5.91 Å². The molecule has 5 heteroatoms. The second kappa shape index (κ2) is 9.01. The minimum atomic E-state index is 0.0368. The van der Waals surface area contributed by atoms with Crippen LogP contribution in [0.4, 0.5) is 5.69 Å². The molecule has 1 amide bonds.